The Balaban J connectivity index is 1.08. The molecule has 9 nitrogen and oxygen atoms in total. The van der Waals surface area contributed by atoms with Crippen LogP contribution in [0, 0.1) is 23.7 Å². The van der Waals surface area contributed by atoms with Crippen LogP contribution in [0.2, 0.25) is 0 Å². The second-order valence-corrected chi connectivity index (χ2v) is 16.4. The van der Waals surface area contributed by atoms with E-state index >= 15 is 13.2 Å². The van der Waals surface area contributed by atoms with Gasteiger partial charge in [0, 0.05) is 41.8 Å². The highest BCUT2D eigenvalue weighted by molar-refractivity contribution is 8.23. The fourth-order valence-electron chi connectivity index (χ4n) is 8.74. The summed E-state index contributed by atoms with van der Waals surface area (Å²) in [5.74, 6) is -2.67. The summed E-state index contributed by atoms with van der Waals surface area (Å²) < 4.78 is 78.6. The number of hydrogen-bond acceptors (Lipinski definition) is 9. The zero-order valence-corrected chi connectivity index (χ0v) is 25.8. The van der Waals surface area contributed by atoms with E-state index in [9.17, 15) is 14.2 Å². The number of halogens is 4. The molecular formula is C28H49ClF3N5O4S. The van der Waals surface area contributed by atoms with Crippen molar-refractivity contribution in [3.63, 3.8) is 0 Å². The number of ether oxygens (including phenoxy) is 1. The minimum Gasteiger partial charge on any atom is -0.390 e. The lowest BCUT2D eigenvalue weighted by Crippen LogP contribution is -2.69. The van der Waals surface area contributed by atoms with Crippen LogP contribution in [-0.4, -0.2) is 118 Å². The van der Waals surface area contributed by atoms with Gasteiger partial charge in [-0.25, -0.2) is 17.9 Å². The quantitative estimate of drug-likeness (QED) is 0.219. The van der Waals surface area contributed by atoms with E-state index in [1.54, 1.807) is 0 Å². The van der Waals surface area contributed by atoms with Gasteiger partial charge >= 0.3 is 0 Å². The first-order chi connectivity index (χ1) is 20.0. The molecule has 3 saturated carbocycles. The van der Waals surface area contributed by atoms with E-state index in [0.717, 1.165) is 25.9 Å². The van der Waals surface area contributed by atoms with Crippen molar-refractivity contribution >= 4 is 22.4 Å². The van der Waals surface area contributed by atoms with Crippen molar-refractivity contribution in [3.8, 4) is 0 Å². The van der Waals surface area contributed by atoms with Crippen molar-refractivity contribution < 1.29 is 32.1 Å². The summed E-state index contributed by atoms with van der Waals surface area (Å²) >= 11 is 6.41. The Morgan fingerprint density at radius 3 is 2.48 bits per heavy atom. The van der Waals surface area contributed by atoms with Crippen LogP contribution >= 0.6 is 22.4 Å². The van der Waals surface area contributed by atoms with Crippen molar-refractivity contribution in [2.45, 2.75) is 117 Å². The summed E-state index contributed by atoms with van der Waals surface area (Å²) in [6.07, 6.45) is -2.14. The SMILES string of the molecule is CN1CCC(NC2NCC3C(CCC(C4C(F)CCC(NS(O)(O)C5CC(Cl)CC6C(O)COC65)C4F)C3F)N2)CC1. The lowest BCUT2D eigenvalue weighted by Gasteiger charge is -2.52. The zero-order chi connectivity index (χ0) is 29.8. The van der Waals surface area contributed by atoms with Crippen LogP contribution in [0.3, 0.4) is 0 Å². The molecule has 3 saturated heterocycles. The number of piperidine rings is 1. The number of nitrogens with one attached hydrogen (secondary N) is 4. The average molecular weight is 644 g/mol. The third-order valence-electron chi connectivity index (χ3n) is 11.1. The maximum Gasteiger partial charge on any atom is 0.123 e. The lowest BCUT2D eigenvalue weighted by atomic mass is 9.65. The van der Waals surface area contributed by atoms with E-state index in [-0.39, 0.29) is 49.5 Å². The zero-order valence-electron chi connectivity index (χ0n) is 24.3. The van der Waals surface area contributed by atoms with Crippen LogP contribution < -0.4 is 20.7 Å². The molecule has 14 heteroatoms. The number of aliphatic hydroxyl groups excluding tert-OH is 1. The van der Waals surface area contributed by atoms with Crippen LogP contribution in [0.5, 0.6) is 0 Å². The first kappa shape index (κ1) is 32.0. The smallest absolute Gasteiger partial charge is 0.123 e. The largest absolute Gasteiger partial charge is 0.390 e. The van der Waals surface area contributed by atoms with Gasteiger partial charge in [0.05, 0.1) is 30.1 Å². The number of alkyl halides is 4. The van der Waals surface area contributed by atoms with E-state index < -0.39 is 70.5 Å². The standard InChI is InChI=1S/C28H49ClF3N5O4S/c1-37-8-6-15(7-9-37)34-28-33-12-18-20(35-28)4-2-16(25(18)31)24-19(30)3-5-21(26(24)32)36-42(39,40)23-11-14(29)10-17-22(38)13-41-27(17)23/h14-28,33-36,38-40H,2-13H2,1H3. The van der Waals surface area contributed by atoms with Gasteiger partial charge in [-0.05, 0) is 77.4 Å². The second kappa shape index (κ2) is 13.1. The highest BCUT2D eigenvalue weighted by Crippen LogP contribution is 2.54. The molecular weight excluding hydrogens is 595 g/mol. The van der Waals surface area contributed by atoms with Gasteiger partial charge in [0.1, 0.15) is 24.8 Å². The number of rotatable bonds is 6. The highest BCUT2D eigenvalue weighted by atomic mass is 35.5. The molecule has 0 aromatic carbocycles. The van der Waals surface area contributed by atoms with Crippen molar-refractivity contribution in [2.75, 3.05) is 33.3 Å². The Kier molecular flexibility index (Phi) is 9.96. The molecule has 14 atom stereocenters. The Labute approximate surface area is 253 Å². The molecule has 6 aliphatic rings. The molecule has 14 unspecified atom stereocenters. The lowest BCUT2D eigenvalue weighted by molar-refractivity contribution is -0.0564. The Morgan fingerprint density at radius 1 is 0.952 bits per heavy atom. The summed E-state index contributed by atoms with van der Waals surface area (Å²) in [4.78, 5) is 2.31. The van der Waals surface area contributed by atoms with Crippen molar-refractivity contribution in [1.82, 2.24) is 25.6 Å². The molecule has 0 spiro atoms. The molecule has 3 aliphatic heterocycles. The van der Waals surface area contributed by atoms with Gasteiger partial charge in [0.2, 0.25) is 0 Å². The molecule has 6 fully saturated rings. The van der Waals surface area contributed by atoms with Crippen LogP contribution in [0.25, 0.3) is 0 Å². The molecule has 7 N–H and O–H groups in total. The van der Waals surface area contributed by atoms with Gasteiger partial charge in [-0.1, -0.05) is 0 Å². The summed E-state index contributed by atoms with van der Waals surface area (Å²) in [6, 6.07) is -0.714. The maximum atomic E-state index is 16.2. The van der Waals surface area contributed by atoms with Gasteiger partial charge < -0.3 is 14.7 Å². The molecule has 3 heterocycles. The third-order valence-corrected chi connectivity index (χ3v) is 13.4. The maximum absolute atomic E-state index is 16.2. The highest BCUT2D eigenvalue weighted by Gasteiger charge is 2.55. The molecule has 0 aromatic rings. The molecule has 0 bridgehead atoms. The molecule has 0 radical (unpaired) electrons. The van der Waals surface area contributed by atoms with Crippen LogP contribution in [0.1, 0.15) is 51.4 Å². The molecule has 42 heavy (non-hydrogen) atoms. The fourth-order valence-corrected chi connectivity index (χ4v) is 11.3. The third kappa shape index (κ3) is 6.49. The average Bonchev–Trinajstić information content (AvgIpc) is 3.32. The van der Waals surface area contributed by atoms with Gasteiger partial charge in [-0.2, -0.15) is 0 Å². The van der Waals surface area contributed by atoms with E-state index in [1.165, 1.54) is 0 Å². The first-order valence-corrected chi connectivity index (χ1v) is 17.9. The Bertz CT molecular complexity index is 929. The molecule has 244 valence electrons. The number of fused-ring (bicyclic) bond motifs is 2. The number of hydrogen-bond donors (Lipinski definition) is 7. The number of nitrogens with zero attached hydrogens (tertiary/aromatic N) is 1. The van der Waals surface area contributed by atoms with Crippen LogP contribution in [0.4, 0.5) is 13.2 Å². The van der Waals surface area contributed by atoms with E-state index in [0.29, 0.717) is 31.8 Å². The topological polar surface area (TPSA) is 121 Å². The summed E-state index contributed by atoms with van der Waals surface area (Å²) in [7, 11) is -1.49. The van der Waals surface area contributed by atoms with Crippen molar-refractivity contribution in [2.24, 2.45) is 23.7 Å². The van der Waals surface area contributed by atoms with Gasteiger partial charge in [0.15, 0.2) is 0 Å². The predicted molar refractivity (Wildman–Crippen MR) is 158 cm³/mol. The van der Waals surface area contributed by atoms with Crippen LogP contribution in [-0.2, 0) is 4.74 Å². The van der Waals surface area contributed by atoms with Gasteiger partial charge in [-0.15, -0.1) is 22.4 Å². The molecule has 0 aromatic heterocycles. The molecule has 6 rings (SSSR count). The Morgan fingerprint density at radius 2 is 1.71 bits per heavy atom. The van der Waals surface area contributed by atoms with Crippen LogP contribution in [0.15, 0.2) is 0 Å². The van der Waals surface area contributed by atoms with E-state index in [1.807, 2.05) is 0 Å². The summed E-state index contributed by atoms with van der Waals surface area (Å²) in [6.45, 7) is 2.60. The first-order valence-electron chi connectivity index (χ1n) is 15.9. The molecule has 0 amide bonds. The second-order valence-electron chi connectivity index (χ2n) is 13.8. The monoisotopic (exact) mass is 643 g/mol. The van der Waals surface area contributed by atoms with Crippen molar-refractivity contribution in [1.29, 1.82) is 0 Å². The van der Waals surface area contributed by atoms with Gasteiger partial charge in [0.25, 0.3) is 0 Å². The summed E-state index contributed by atoms with van der Waals surface area (Å²) in [5.41, 5.74) is 0. The Hall–Kier alpha value is 0.0700. The van der Waals surface area contributed by atoms with E-state index in [2.05, 4.69) is 32.6 Å². The van der Waals surface area contributed by atoms with E-state index in [4.69, 9.17) is 16.3 Å². The fraction of sp³-hybridized carbons (Fsp3) is 1.00. The normalized spacial score (nSPS) is 49.8. The van der Waals surface area contributed by atoms with Gasteiger partial charge in [-0.3, -0.25) is 25.1 Å². The number of aliphatic hydroxyl groups is 1. The minimum atomic E-state index is -3.61. The van der Waals surface area contributed by atoms with Crippen molar-refractivity contribution in [3.05, 3.63) is 0 Å². The predicted octanol–water partition coefficient (Wildman–Crippen LogP) is 2.74. The minimum absolute atomic E-state index is 0.0265. The number of likely N-dealkylation sites (tertiary alicyclic amines) is 1. The molecule has 3 aliphatic carbocycles. The summed E-state index contributed by atoms with van der Waals surface area (Å²) in [5, 5.41) is 19.6.